The highest BCUT2D eigenvalue weighted by Crippen LogP contribution is 2.23. The monoisotopic (exact) mass is 364 g/mol. The molecule has 0 N–H and O–H groups in total. The minimum Gasteiger partial charge on any atom is -0.336 e. The fourth-order valence-corrected chi connectivity index (χ4v) is 4.06. The number of rotatable bonds is 3. The van der Waals surface area contributed by atoms with Crippen LogP contribution in [0.2, 0.25) is 0 Å². The van der Waals surface area contributed by atoms with Crippen LogP contribution >= 0.6 is 27.3 Å². The summed E-state index contributed by atoms with van der Waals surface area (Å²) in [6, 6.07) is 13.8. The van der Waals surface area contributed by atoms with E-state index in [2.05, 4.69) is 33.0 Å². The van der Waals surface area contributed by atoms with Crippen LogP contribution in [0.25, 0.3) is 0 Å². The van der Waals surface area contributed by atoms with Gasteiger partial charge in [0.25, 0.3) is 5.91 Å². The van der Waals surface area contributed by atoms with Crippen LogP contribution < -0.4 is 0 Å². The van der Waals surface area contributed by atoms with Gasteiger partial charge in [0.05, 0.1) is 3.79 Å². The van der Waals surface area contributed by atoms with Crippen molar-refractivity contribution in [2.24, 2.45) is 0 Å². The van der Waals surface area contributed by atoms with Crippen molar-refractivity contribution >= 4 is 33.2 Å². The average Bonchev–Trinajstić information content (AvgIpc) is 2.93. The van der Waals surface area contributed by atoms with E-state index < -0.39 is 0 Å². The minimum atomic E-state index is 0.147. The van der Waals surface area contributed by atoms with Gasteiger partial charge in [-0.2, -0.15) is 0 Å². The molecule has 0 radical (unpaired) electrons. The van der Waals surface area contributed by atoms with E-state index in [9.17, 15) is 4.79 Å². The summed E-state index contributed by atoms with van der Waals surface area (Å²) < 4.78 is 1.18. The highest BCUT2D eigenvalue weighted by atomic mass is 79.9. The van der Waals surface area contributed by atoms with Crippen LogP contribution in [-0.4, -0.2) is 41.9 Å². The zero-order valence-corrected chi connectivity index (χ0v) is 14.1. The molecule has 0 spiro atoms. The first-order valence-electron chi connectivity index (χ1n) is 7.03. The van der Waals surface area contributed by atoms with E-state index >= 15 is 0 Å². The Balaban J connectivity index is 1.54. The van der Waals surface area contributed by atoms with Gasteiger partial charge < -0.3 is 4.90 Å². The number of nitrogens with zero attached hydrogens (tertiary/aromatic N) is 2. The summed E-state index contributed by atoms with van der Waals surface area (Å²) in [6.07, 6.45) is 0. The second kappa shape index (κ2) is 6.73. The largest absolute Gasteiger partial charge is 0.336 e. The highest BCUT2D eigenvalue weighted by molar-refractivity contribution is 9.11. The molecule has 5 heteroatoms. The summed E-state index contributed by atoms with van der Waals surface area (Å²) in [5, 5.41) is 0. The predicted octanol–water partition coefficient (Wildman–Crippen LogP) is 3.47. The SMILES string of the molecule is O=C(c1ccccc1)N1CCN(Cc2ccc(Br)s2)CC1. The molecule has 21 heavy (non-hydrogen) atoms. The maximum absolute atomic E-state index is 12.4. The van der Waals surface area contributed by atoms with Gasteiger partial charge >= 0.3 is 0 Å². The van der Waals surface area contributed by atoms with Gasteiger partial charge in [-0.1, -0.05) is 18.2 Å². The van der Waals surface area contributed by atoms with Crippen molar-refractivity contribution in [2.75, 3.05) is 26.2 Å². The smallest absolute Gasteiger partial charge is 0.253 e. The number of hydrogen-bond acceptors (Lipinski definition) is 3. The number of amides is 1. The molecule has 1 aromatic heterocycles. The lowest BCUT2D eigenvalue weighted by Gasteiger charge is -2.34. The van der Waals surface area contributed by atoms with Crippen LogP contribution in [0, 0.1) is 0 Å². The molecule has 0 aliphatic carbocycles. The molecule has 0 saturated carbocycles. The van der Waals surface area contributed by atoms with Gasteiger partial charge in [-0.15, -0.1) is 11.3 Å². The van der Waals surface area contributed by atoms with Crippen molar-refractivity contribution < 1.29 is 4.79 Å². The van der Waals surface area contributed by atoms with Gasteiger partial charge in [0, 0.05) is 43.2 Å². The van der Waals surface area contributed by atoms with Crippen LogP contribution in [0.3, 0.4) is 0 Å². The molecule has 110 valence electrons. The van der Waals surface area contributed by atoms with Gasteiger partial charge in [0.1, 0.15) is 0 Å². The maximum Gasteiger partial charge on any atom is 0.253 e. The Morgan fingerprint density at radius 2 is 1.76 bits per heavy atom. The first-order valence-corrected chi connectivity index (χ1v) is 8.64. The number of halogens is 1. The van der Waals surface area contributed by atoms with Crippen LogP contribution in [0.1, 0.15) is 15.2 Å². The van der Waals surface area contributed by atoms with E-state index in [1.165, 1.54) is 8.66 Å². The number of carbonyl (C=O) groups is 1. The summed E-state index contributed by atoms with van der Waals surface area (Å²) >= 11 is 5.28. The molecule has 0 unspecified atom stereocenters. The number of thiophene rings is 1. The van der Waals surface area contributed by atoms with Crippen LogP contribution in [0.4, 0.5) is 0 Å². The molecule has 2 aromatic rings. The number of benzene rings is 1. The molecule has 1 aromatic carbocycles. The normalized spacial score (nSPS) is 16.1. The Morgan fingerprint density at radius 3 is 2.38 bits per heavy atom. The average molecular weight is 365 g/mol. The lowest BCUT2D eigenvalue weighted by Crippen LogP contribution is -2.48. The molecule has 1 aliphatic rings. The molecule has 0 atom stereocenters. The van der Waals surface area contributed by atoms with Gasteiger partial charge in [-0.3, -0.25) is 9.69 Å². The second-order valence-electron chi connectivity index (χ2n) is 5.14. The predicted molar refractivity (Wildman–Crippen MR) is 89.6 cm³/mol. The Kier molecular flexibility index (Phi) is 4.73. The molecule has 1 amide bonds. The first-order chi connectivity index (χ1) is 10.2. The summed E-state index contributed by atoms with van der Waals surface area (Å²) in [5.74, 6) is 0.147. The third kappa shape index (κ3) is 3.73. The lowest BCUT2D eigenvalue weighted by molar-refractivity contribution is 0.0629. The van der Waals surface area contributed by atoms with Crippen molar-refractivity contribution in [3.05, 3.63) is 56.7 Å². The van der Waals surface area contributed by atoms with Crippen molar-refractivity contribution in [3.63, 3.8) is 0 Å². The van der Waals surface area contributed by atoms with Crippen molar-refractivity contribution in [1.29, 1.82) is 0 Å². The van der Waals surface area contributed by atoms with E-state index in [0.717, 1.165) is 38.3 Å². The third-order valence-electron chi connectivity index (χ3n) is 3.69. The van der Waals surface area contributed by atoms with Crippen molar-refractivity contribution in [2.45, 2.75) is 6.54 Å². The van der Waals surface area contributed by atoms with E-state index in [4.69, 9.17) is 0 Å². The Hall–Kier alpha value is -1.17. The molecule has 0 bridgehead atoms. The van der Waals surface area contributed by atoms with Gasteiger partial charge in [-0.05, 0) is 40.2 Å². The molecule has 2 heterocycles. The van der Waals surface area contributed by atoms with Crippen molar-refractivity contribution in [1.82, 2.24) is 9.80 Å². The highest BCUT2D eigenvalue weighted by Gasteiger charge is 2.22. The molecule has 1 aliphatic heterocycles. The third-order valence-corrected chi connectivity index (χ3v) is 5.30. The zero-order valence-electron chi connectivity index (χ0n) is 11.7. The van der Waals surface area contributed by atoms with Crippen LogP contribution in [0.15, 0.2) is 46.3 Å². The summed E-state index contributed by atoms with van der Waals surface area (Å²) in [5.41, 5.74) is 0.785. The first kappa shape index (κ1) is 14.8. The van der Waals surface area contributed by atoms with Crippen LogP contribution in [-0.2, 0) is 6.54 Å². The second-order valence-corrected chi connectivity index (χ2v) is 7.69. The topological polar surface area (TPSA) is 23.6 Å². The molecule has 3 rings (SSSR count). The van der Waals surface area contributed by atoms with Gasteiger partial charge in [0.2, 0.25) is 0 Å². The van der Waals surface area contributed by atoms with E-state index in [1.54, 1.807) is 11.3 Å². The van der Waals surface area contributed by atoms with E-state index in [0.29, 0.717) is 0 Å². The number of piperazine rings is 1. The van der Waals surface area contributed by atoms with Crippen LogP contribution in [0.5, 0.6) is 0 Å². The van der Waals surface area contributed by atoms with E-state index in [-0.39, 0.29) is 5.91 Å². The fraction of sp³-hybridized carbons (Fsp3) is 0.312. The Bertz CT molecular complexity index is 606. The summed E-state index contributed by atoms with van der Waals surface area (Å²) in [6.45, 7) is 4.46. The number of carbonyl (C=O) groups excluding carboxylic acids is 1. The van der Waals surface area contributed by atoms with Gasteiger partial charge in [0.15, 0.2) is 0 Å². The van der Waals surface area contributed by atoms with Crippen molar-refractivity contribution in [3.8, 4) is 0 Å². The molecule has 1 fully saturated rings. The molecule has 1 saturated heterocycles. The van der Waals surface area contributed by atoms with E-state index in [1.807, 2.05) is 35.2 Å². The lowest BCUT2D eigenvalue weighted by atomic mass is 10.2. The van der Waals surface area contributed by atoms with Gasteiger partial charge in [-0.25, -0.2) is 0 Å². The molecule has 3 nitrogen and oxygen atoms in total. The summed E-state index contributed by atoms with van der Waals surface area (Å²) in [4.78, 5) is 18.1. The Labute approximate surface area is 137 Å². The summed E-state index contributed by atoms with van der Waals surface area (Å²) in [7, 11) is 0. The maximum atomic E-state index is 12.4. The quantitative estimate of drug-likeness (QED) is 0.832. The Morgan fingerprint density at radius 1 is 1.05 bits per heavy atom. The standard InChI is InChI=1S/C16H17BrN2OS/c17-15-7-6-14(21-15)12-18-8-10-19(11-9-18)16(20)13-4-2-1-3-5-13/h1-7H,8-12H2. The number of hydrogen-bond donors (Lipinski definition) is 0. The molecular formula is C16H17BrN2OS. The molecular weight excluding hydrogens is 348 g/mol. The minimum absolute atomic E-state index is 0.147. The fourth-order valence-electron chi connectivity index (χ4n) is 2.53. The zero-order chi connectivity index (χ0) is 14.7.